The van der Waals surface area contributed by atoms with E-state index in [0.717, 1.165) is 11.8 Å². The molecule has 0 radical (unpaired) electrons. The third-order valence-corrected chi connectivity index (χ3v) is 4.98. The zero-order valence-corrected chi connectivity index (χ0v) is 10.7. The number of hydrogen-bond acceptors (Lipinski definition) is 1. The summed E-state index contributed by atoms with van der Waals surface area (Å²) in [6.07, 6.45) is 7.66. The number of benzene rings is 1. The number of aromatic nitrogens is 2. The minimum Gasteiger partial charge on any atom is -0.348 e. The van der Waals surface area contributed by atoms with Crippen molar-refractivity contribution in [1.82, 2.24) is 9.97 Å². The smallest absolute Gasteiger partial charge is 0.0921 e. The Labute approximate surface area is 107 Å². The Kier molecular flexibility index (Phi) is 2.00. The van der Waals surface area contributed by atoms with Crippen molar-refractivity contribution < 1.29 is 0 Å². The fourth-order valence-corrected chi connectivity index (χ4v) is 4.28. The van der Waals surface area contributed by atoms with E-state index >= 15 is 0 Å². The summed E-state index contributed by atoms with van der Waals surface area (Å²) in [7, 11) is 0. The van der Waals surface area contributed by atoms with E-state index in [9.17, 15) is 0 Å². The highest BCUT2D eigenvalue weighted by molar-refractivity contribution is 5.54. The van der Waals surface area contributed by atoms with Gasteiger partial charge >= 0.3 is 0 Å². The lowest BCUT2D eigenvalue weighted by Crippen LogP contribution is -2.13. The van der Waals surface area contributed by atoms with Gasteiger partial charge in [0, 0.05) is 17.3 Å². The van der Waals surface area contributed by atoms with Crippen LogP contribution in [0.25, 0.3) is 0 Å². The second kappa shape index (κ2) is 3.47. The molecule has 0 saturated heterocycles. The second-order valence-corrected chi connectivity index (χ2v) is 5.75. The van der Waals surface area contributed by atoms with Gasteiger partial charge < -0.3 is 4.98 Å². The molecule has 2 nitrogen and oxygen atoms in total. The van der Waals surface area contributed by atoms with Crippen LogP contribution in [0.2, 0.25) is 0 Å². The monoisotopic (exact) mass is 238 g/mol. The largest absolute Gasteiger partial charge is 0.348 e. The van der Waals surface area contributed by atoms with Gasteiger partial charge in [0.05, 0.1) is 6.33 Å². The summed E-state index contributed by atoms with van der Waals surface area (Å²) in [6, 6.07) is 8.97. The summed E-state index contributed by atoms with van der Waals surface area (Å²) < 4.78 is 0. The number of nitrogens with one attached hydrogen (secondary N) is 1. The lowest BCUT2D eigenvalue weighted by molar-refractivity contribution is 0.553. The molecule has 2 aliphatic carbocycles. The topological polar surface area (TPSA) is 28.7 Å². The molecule has 2 heteroatoms. The van der Waals surface area contributed by atoms with E-state index in [4.69, 9.17) is 0 Å². The van der Waals surface area contributed by atoms with E-state index in [-0.39, 0.29) is 0 Å². The molecule has 0 bridgehead atoms. The van der Waals surface area contributed by atoms with E-state index < -0.39 is 0 Å². The summed E-state index contributed by atoms with van der Waals surface area (Å²) in [5, 5.41) is 0. The summed E-state index contributed by atoms with van der Waals surface area (Å²) in [4.78, 5) is 7.61. The van der Waals surface area contributed by atoms with Gasteiger partial charge in [0.15, 0.2) is 0 Å². The van der Waals surface area contributed by atoms with Crippen molar-refractivity contribution >= 4 is 0 Å². The summed E-state index contributed by atoms with van der Waals surface area (Å²) in [5.74, 6) is 1.55. The van der Waals surface area contributed by atoms with Gasteiger partial charge in [-0.25, -0.2) is 4.98 Å². The van der Waals surface area contributed by atoms with Crippen molar-refractivity contribution in [1.29, 1.82) is 0 Å². The molecule has 0 aliphatic heterocycles. The number of hydrogen-bond donors (Lipinski definition) is 1. The lowest BCUT2D eigenvalue weighted by atomic mass is 9.92. The molecule has 0 spiro atoms. The first-order valence-corrected chi connectivity index (χ1v) is 6.94. The summed E-state index contributed by atoms with van der Waals surface area (Å²) in [5.41, 5.74) is 4.83. The van der Waals surface area contributed by atoms with Gasteiger partial charge in [-0.3, -0.25) is 0 Å². The Balaban J connectivity index is 1.80. The molecule has 4 rings (SSSR count). The van der Waals surface area contributed by atoms with E-state index in [1.54, 1.807) is 11.1 Å². The number of nitrogens with zero attached hydrogens (tertiary/aromatic N) is 1. The third kappa shape index (κ3) is 1.11. The fourth-order valence-electron chi connectivity index (χ4n) is 4.28. The van der Waals surface area contributed by atoms with Crippen molar-refractivity contribution in [3.05, 3.63) is 53.6 Å². The molecule has 1 aromatic carbocycles. The second-order valence-electron chi connectivity index (χ2n) is 5.75. The van der Waals surface area contributed by atoms with Crippen LogP contribution in [0.3, 0.4) is 0 Å². The Morgan fingerprint density at radius 1 is 1.39 bits per heavy atom. The zero-order valence-electron chi connectivity index (χ0n) is 10.7. The molecule has 3 atom stereocenters. The number of fused-ring (bicyclic) bond motifs is 3. The average molecular weight is 238 g/mol. The summed E-state index contributed by atoms with van der Waals surface area (Å²) >= 11 is 0. The van der Waals surface area contributed by atoms with Crippen molar-refractivity contribution in [3.63, 3.8) is 0 Å². The molecule has 1 N–H and O–H groups in total. The van der Waals surface area contributed by atoms with Gasteiger partial charge in [0.1, 0.15) is 0 Å². The first kappa shape index (κ1) is 10.4. The molecule has 1 aromatic heterocycles. The number of rotatable bonds is 3. The van der Waals surface area contributed by atoms with Gasteiger partial charge in [-0.15, -0.1) is 0 Å². The van der Waals surface area contributed by atoms with Crippen LogP contribution in [0.5, 0.6) is 0 Å². The molecule has 0 amide bonds. The predicted molar refractivity (Wildman–Crippen MR) is 71.6 cm³/mol. The fraction of sp³-hybridized carbons (Fsp3) is 0.438. The molecule has 1 saturated carbocycles. The highest BCUT2D eigenvalue weighted by atomic mass is 14.9. The Hall–Kier alpha value is -1.57. The molecule has 3 unspecified atom stereocenters. The highest BCUT2D eigenvalue weighted by Gasteiger charge is 2.69. The first-order chi connectivity index (χ1) is 8.88. The van der Waals surface area contributed by atoms with Gasteiger partial charge in [-0.2, -0.15) is 0 Å². The molecular formula is C16H18N2. The maximum Gasteiger partial charge on any atom is 0.0921 e. The standard InChI is InChI=1S/C16H18N2/c1-2-5-13-15-12-7-4-3-6-11(12)8-16(13,15)14-9-17-10-18-14/h3-4,6-7,9-10,13,15H,2,5,8H2,1H3,(H,17,18). The number of imidazole rings is 1. The van der Waals surface area contributed by atoms with Crippen LogP contribution in [0.1, 0.15) is 42.5 Å². The van der Waals surface area contributed by atoms with Crippen molar-refractivity contribution in [2.24, 2.45) is 5.92 Å². The van der Waals surface area contributed by atoms with E-state index in [1.807, 2.05) is 12.5 Å². The SMILES string of the molecule is CCCC1C2c3ccccc3CC12c1cnc[nH]1. The van der Waals surface area contributed by atoms with Gasteiger partial charge in [0.2, 0.25) is 0 Å². The van der Waals surface area contributed by atoms with Crippen LogP contribution in [0.15, 0.2) is 36.8 Å². The summed E-state index contributed by atoms with van der Waals surface area (Å²) in [6.45, 7) is 2.29. The first-order valence-electron chi connectivity index (χ1n) is 6.94. The minimum absolute atomic E-state index is 0.343. The molecule has 2 aliphatic rings. The predicted octanol–water partition coefficient (Wildman–Crippen LogP) is 3.42. The van der Waals surface area contributed by atoms with Gasteiger partial charge in [0.25, 0.3) is 0 Å². The van der Waals surface area contributed by atoms with E-state index in [1.165, 1.54) is 25.0 Å². The van der Waals surface area contributed by atoms with E-state index in [0.29, 0.717) is 5.41 Å². The third-order valence-electron chi connectivity index (χ3n) is 4.98. The average Bonchev–Trinajstić information content (AvgIpc) is 2.80. The lowest BCUT2D eigenvalue weighted by Gasteiger charge is -2.13. The Morgan fingerprint density at radius 3 is 3.06 bits per heavy atom. The normalized spacial score (nSPS) is 32.1. The van der Waals surface area contributed by atoms with Crippen LogP contribution >= 0.6 is 0 Å². The maximum atomic E-state index is 4.24. The van der Waals surface area contributed by atoms with Crippen molar-refractivity contribution in [2.45, 2.75) is 37.5 Å². The van der Waals surface area contributed by atoms with Crippen LogP contribution in [0.4, 0.5) is 0 Å². The van der Waals surface area contributed by atoms with Gasteiger partial charge in [-0.1, -0.05) is 37.6 Å². The van der Waals surface area contributed by atoms with Crippen molar-refractivity contribution in [2.75, 3.05) is 0 Å². The number of H-pyrrole nitrogens is 1. The van der Waals surface area contributed by atoms with Gasteiger partial charge in [-0.05, 0) is 35.8 Å². The highest BCUT2D eigenvalue weighted by Crippen LogP contribution is 2.72. The van der Waals surface area contributed by atoms with Crippen LogP contribution < -0.4 is 0 Å². The molecular weight excluding hydrogens is 220 g/mol. The van der Waals surface area contributed by atoms with Crippen LogP contribution in [-0.4, -0.2) is 9.97 Å². The number of aromatic amines is 1. The van der Waals surface area contributed by atoms with E-state index in [2.05, 4.69) is 41.2 Å². The molecule has 2 aromatic rings. The van der Waals surface area contributed by atoms with Crippen LogP contribution in [0, 0.1) is 5.92 Å². The van der Waals surface area contributed by atoms with Crippen LogP contribution in [-0.2, 0) is 11.8 Å². The maximum absolute atomic E-state index is 4.24. The Bertz CT molecular complexity index is 573. The Morgan fingerprint density at radius 2 is 2.28 bits per heavy atom. The quantitative estimate of drug-likeness (QED) is 0.872. The van der Waals surface area contributed by atoms with Crippen molar-refractivity contribution in [3.8, 4) is 0 Å². The molecule has 18 heavy (non-hydrogen) atoms. The molecule has 92 valence electrons. The molecule has 1 heterocycles. The zero-order chi connectivity index (χ0) is 12.2. The minimum atomic E-state index is 0.343. The molecule has 1 fully saturated rings.